The molecule has 256 valence electrons. The summed E-state index contributed by atoms with van der Waals surface area (Å²) in [7, 11) is 0. The highest BCUT2D eigenvalue weighted by molar-refractivity contribution is 7.99. The lowest BCUT2D eigenvalue weighted by Crippen LogP contribution is -2.50. The minimum atomic E-state index is -4.54. The summed E-state index contributed by atoms with van der Waals surface area (Å²) >= 11 is 1.63. The number of ether oxygens (including phenoxy) is 1. The average molecular weight is 683 g/mol. The van der Waals surface area contributed by atoms with E-state index < -0.39 is 35.2 Å². The molecule has 0 spiro atoms. The van der Waals surface area contributed by atoms with Crippen LogP contribution in [0.2, 0.25) is 0 Å². The van der Waals surface area contributed by atoms with Crippen LogP contribution in [0.4, 0.5) is 42.5 Å². The number of carbonyl (C=O) groups excluding carboxylic acids is 1. The first-order valence-electron chi connectivity index (χ1n) is 15.8. The number of hydrogen-bond acceptors (Lipinski definition) is 6. The molecule has 0 atom stereocenters. The molecule has 2 aromatic carbocycles. The van der Waals surface area contributed by atoms with Crippen LogP contribution in [-0.2, 0) is 17.1 Å². The van der Waals surface area contributed by atoms with E-state index in [2.05, 4.69) is 10.3 Å². The molecule has 2 fully saturated rings. The maximum absolute atomic E-state index is 14.2. The molecule has 2 heterocycles. The average Bonchev–Trinajstić information content (AvgIpc) is 3.01. The number of amides is 1. The molecule has 0 bridgehead atoms. The number of halogens is 6. The molecule has 1 N–H and O–H groups in total. The van der Waals surface area contributed by atoms with Crippen LogP contribution in [0.5, 0.6) is 0 Å². The summed E-state index contributed by atoms with van der Waals surface area (Å²) in [4.78, 5) is 20.6. The summed E-state index contributed by atoms with van der Waals surface area (Å²) in [6, 6.07) is 9.86. The molecule has 1 saturated carbocycles. The van der Waals surface area contributed by atoms with Crippen LogP contribution in [0.1, 0.15) is 57.6 Å². The standard InChI is InChI=1S/C34H40F6N4O2S/c1-32(2,3)46-31(45)44-16-14-43(15-17-44)29-11-9-25(19-27(29)34(38,39)40)42-20-22-4-6-23(7-5-22)21-47-30-12-13-41-28-18-24(33(35,36)37)8-10-26(28)30/h8-13,18-19,22-23,42H,4-7,14-17,20-21H2,1-3H3. The van der Waals surface area contributed by atoms with Gasteiger partial charge in [0.05, 0.1) is 16.6 Å². The summed E-state index contributed by atoms with van der Waals surface area (Å²) in [5, 5.41) is 3.93. The molecular formula is C34H40F6N4O2S. The number of benzene rings is 2. The number of carbonyl (C=O) groups is 1. The zero-order chi connectivity index (χ0) is 34.0. The van der Waals surface area contributed by atoms with Gasteiger partial charge in [-0.05, 0) is 94.7 Å². The maximum Gasteiger partial charge on any atom is 0.418 e. The Labute approximate surface area is 275 Å². The van der Waals surface area contributed by atoms with Gasteiger partial charge in [0.15, 0.2) is 0 Å². The number of aromatic nitrogens is 1. The van der Waals surface area contributed by atoms with Gasteiger partial charge in [-0.3, -0.25) is 4.98 Å². The zero-order valence-electron chi connectivity index (χ0n) is 26.7. The number of fused-ring (bicyclic) bond motifs is 1. The fraction of sp³-hybridized carbons (Fsp3) is 0.529. The number of piperazine rings is 1. The summed E-state index contributed by atoms with van der Waals surface area (Å²) in [5.41, 5.74) is -1.22. The predicted molar refractivity (Wildman–Crippen MR) is 173 cm³/mol. The van der Waals surface area contributed by atoms with Crippen molar-refractivity contribution in [2.24, 2.45) is 11.8 Å². The largest absolute Gasteiger partial charge is 0.444 e. The van der Waals surface area contributed by atoms with Crippen molar-refractivity contribution in [3.8, 4) is 0 Å². The Morgan fingerprint density at radius 2 is 1.57 bits per heavy atom. The molecule has 1 amide bonds. The highest BCUT2D eigenvalue weighted by Crippen LogP contribution is 2.40. The number of nitrogens with one attached hydrogen (secondary N) is 1. The van der Waals surface area contributed by atoms with Crippen molar-refractivity contribution in [3.05, 3.63) is 59.8 Å². The molecule has 0 radical (unpaired) electrons. The van der Waals surface area contributed by atoms with E-state index in [1.165, 1.54) is 29.3 Å². The summed E-state index contributed by atoms with van der Waals surface area (Å²) in [5.74, 6) is 1.61. The number of anilines is 2. The summed E-state index contributed by atoms with van der Waals surface area (Å²) in [6.07, 6.45) is -4.05. The van der Waals surface area contributed by atoms with E-state index in [1.807, 2.05) is 6.07 Å². The fourth-order valence-electron chi connectivity index (χ4n) is 6.10. The highest BCUT2D eigenvalue weighted by Gasteiger charge is 2.37. The Morgan fingerprint density at radius 3 is 2.21 bits per heavy atom. The van der Waals surface area contributed by atoms with Gasteiger partial charge in [-0.25, -0.2) is 4.79 Å². The van der Waals surface area contributed by atoms with E-state index in [0.717, 1.165) is 48.5 Å². The van der Waals surface area contributed by atoms with Crippen LogP contribution >= 0.6 is 11.8 Å². The van der Waals surface area contributed by atoms with E-state index in [9.17, 15) is 31.1 Å². The van der Waals surface area contributed by atoms with E-state index >= 15 is 0 Å². The molecule has 1 aliphatic heterocycles. The second kappa shape index (κ2) is 14.0. The molecule has 3 aromatic rings. The summed E-state index contributed by atoms with van der Waals surface area (Å²) in [6.45, 7) is 6.97. The molecule has 13 heteroatoms. The number of thioether (sulfide) groups is 1. The highest BCUT2D eigenvalue weighted by atomic mass is 32.2. The van der Waals surface area contributed by atoms with Crippen molar-refractivity contribution < 1.29 is 35.9 Å². The van der Waals surface area contributed by atoms with Crippen molar-refractivity contribution >= 4 is 40.1 Å². The number of rotatable bonds is 7. The number of nitrogens with zero attached hydrogens (tertiary/aromatic N) is 3. The third-order valence-electron chi connectivity index (χ3n) is 8.64. The van der Waals surface area contributed by atoms with Crippen LogP contribution in [0.15, 0.2) is 53.6 Å². The molecule has 5 rings (SSSR count). The quantitative estimate of drug-likeness (QED) is 0.198. The monoisotopic (exact) mass is 682 g/mol. The first-order chi connectivity index (χ1) is 22.1. The molecule has 1 aromatic heterocycles. The van der Waals surface area contributed by atoms with Gasteiger partial charge in [0.2, 0.25) is 0 Å². The molecule has 2 aliphatic rings. The van der Waals surface area contributed by atoms with Crippen molar-refractivity contribution in [2.75, 3.05) is 48.7 Å². The Hall–Kier alpha value is -3.35. The lowest BCUT2D eigenvalue weighted by Gasteiger charge is -2.37. The fourth-order valence-corrected chi connectivity index (χ4v) is 7.34. The van der Waals surface area contributed by atoms with Crippen LogP contribution in [0.25, 0.3) is 10.9 Å². The van der Waals surface area contributed by atoms with E-state index in [4.69, 9.17) is 4.74 Å². The van der Waals surface area contributed by atoms with Crippen LogP contribution in [0.3, 0.4) is 0 Å². The van der Waals surface area contributed by atoms with Crippen molar-refractivity contribution in [2.45, 2.75) is 69.3 Å². The lowest BCUT2D eigenvalue weighted by atomic mass is 9.83. The molecule has 1 saturated heterocycles. The van der Waals surface area contributed by atoms with Gasteiger partial charge in [0.1, 0.15) is 5.60 Å². The summed E-state index contributed by atoms with van der Waals surface area (Å²) < 4.78 is 87.2. The molecule has 47 heavy (non-hydrogen) atoms. The van der Waals surface area contributed by atoms with Crippen molar-refractivity contribution in [1.29, 1.82) is 0 Å². The van der Waals surface area contributed by atoms with Crippen molar-refractivity contribution in [3.63, 3.8) is 0 Å². The molecular weight excluding hydrogens is 642 g/mol. The smallest absolute Gasteiger partial charge is 0.418 e. The number of pyridine rings is 1. The van der Waals surface area contributed by atoms with Gasteiger partial charge < -0.3 is 19.9 Å². The molecule has 1 aliphatic carbocycles. The van der Waals surface area contributed by atoms with Crippen molar-refractivity contribution in [1.82, 2.24) is 9.88 Å². The van der Waals surface area contributed by atoms with Gasteiger partial charge in [0.25, 0.3) is 0 Å². The predicted octanol–water partition coefficient (Wildman–Crippen LogP) is 9.34. The third kappa shape index (κ3) is 9.17. The van der Waals surface area contributed by atoms with Gasteiger partial charge in [-0.15, -0.1) is 11.8 Å². The SMILES string of the molecule is CC(C)(C)OC(=O)N1CCN(c2ccc(NCC3CCC(CSc4ccnc5cc(C(F)(F)F)ccc45)CC3)cc2C(F)(F)F)CC1. The first-order valence-corrected chi connectivity index (χ1v) is 16.8. The van der Waals surface area contributed by atoms with Gasteiger partial charge in [-0.2, -0.15) is 26.3 Å². The Morgan fingerprint density at radius 1 is 0.894 bits per heavy atom. The van der Waals surface area contributed by atoms with Gasteiger partial charge in [-0.1, -0.05) is 6.07 Å². The minimum Gasteiger partial charge on any atom is -0.444 e. The van der Waals surface area contributed by atoms with E-state index in [0.29, 0.717) is 35.0 Å². The number of alkyl halides is 6. The Bertz CT molecular complexity index is 1540. The Kier molecular flexibility index (Phi) is 10.4. The first kappa shape index (κ1) is 35.0. The third-order valence-corrected chi connectivity index (χ3v) is 9.94. The lowest BCUT2D eigenvalue weighted by molar-refractivity contribution is -0.138. The van der Waals surface area contributed by atoms with E-state index in [1.54, 1.807) is 43.5 Å². The Balaban J connectivity index is 1.12. The molecule has 0 unspecified atom stereocenters. The van der Waals surface area contributed by atoms with Gasteiger partial charge in [0, 0.05) is 66.3 Å². The second-order valence-electron chi connectivity index (χ2n) is 13.3. The topological polar surface area (TPSA) is 57.7 Å². The molecule has 6 nitrogen and oxygen atoms in total. The normalized spacial score (nSPS) is 19.6. The zero-order valence-corrected chi connectivity index (χ0v) is 27.5. The van der Waals surface area contributed by atoms with Crippen LogP contribution < -0.4 is 10.2 Å². The van der Waals surface area contributed by atoms with Gasteiger partial charge >= 0.3 is 18.4 Å². The van der Waals surface area contributed by atoms with Crippen LogP contribution in [0, 0.1) is 11.8 Å². The maximum atomic E-state index is 14.2. The van der Waals surface area contributed by atoms with Crippen LogP contribution in [-0.4, -0.2) is 60.1 Å². The number of hydrogen-bond donors (Lipinski definition) is 1. The second-order valence-corrected chi connectivity index (χ2v) is 14.4. The van der Waals surface area contributed by atoms with E-state index in [-0.39, 0.29) is 31.9 Å². The minimum absolute atomic E-state index is 0.104.